The summed E-state index contributed by atoms with van der Waals surface area (Å²) in [5.74, 6) is 1.80. The first-order chi connectivity index (χ1) is 6.76. The zero-order valence-electron chi connectivity index (χ0n) is 10.4. The van der Waals surface area contributed by atoms with Crippen molar-refractivity contribution in [2.45, 2.75) is 59.3 Å². The van der Waals surface area contributed by atoms with E-state index in [9.17, 15) is 0 Å². The first-order valence-electron chi connectivity index (χ1n) is 6.16. The molecule has 0 aliphatic carbocycles. The van der Waals surface area contributed by atoms with E-state index in [0.717, 1.165) is 18.3 Å². The quantitative estimate of drug-likeness (QED) is 0.514. The van der Waals surface area contributed by atoms with E-state index >= 15 is 0 Å². The van der Waals surface area contributed by atoms with E-state index in [1.54, 1.807) is 0 Å². The van der Waals surface area contributed by atoms with Gasteiger partial charge in [0.15, 0.2) is 0 Å². The minimum atomic E-state index is 0.865. The van der Waals surface area contributed by atoms with Gasteiger partial charge in [-0.2, -0.15) is 0 Å². The van der Waals surface area contributed by atoms with E-state index in [2.05, 4.69) is 25.8 Å². The maximum absolute atomic E-state index is 4.03. The molecule has 0 saturated heterocycles. The zero-order chi connectivity index (χ0) is 10.8. The van der Waals surface area contributed by atoms with Crippen molar-refractivity contribution < 1.29 is 0 Å². The molecular weight excluding hydrogens is 170 g/mol. The molecule has 0 aromatic carbocycles. The summed E-state index contributed by atoms with van der Waals surface area (Å²) >= 11 is 0. The molecule has 0 N–H and O–H groups in total. The topological polar surface area (TPSA) is 12.4 Å². The Kier molecular flexibility index (Phi) is 9.02. The van der Waals surface area contributed by atoms with Crippen LogP contribution in [0, 0.1) is 11.8 Å². The van der Waals surface area contributed by atoms with Gasteiger partial charge in [0.05, 0.1) is 0 Å². The van der Waals surface area contributed by atoms with Crippen LogP contribution in [-0.4, -0.2) is 13.3 Å². The minimum absolute atomic E-state index is 0.865. The fraction of sp³-hybridized carbons (Fsp3) is 0.923. The van der Waals surface area contributed by atoms with Gasteiger partial charge in [-0.1, -0.05) is 46.5 Å². The number of unbranched alkanes of at least 4 members (excludes halogenated alkanes) is 1. The van der Waals surface area contributed by atoms with Gasteiger partial charge < -0.3 is 4.99 Å². The predicted molar refractivity (Wildman–Crippen MR) is 66.1 cm³/mol. The molecule has 1 nitrogen and oxygen atoms in total. The van der Waals surface area contributed by atoms with Crippen LogP contribution in [0.2, 0.25) is 0 Å². The molecule has 0 spiro atoms. The zero-order valence-corrected chi connectivity index (χ0v) is 10.4. The normalized spacial score (nSPS) is 16.0. The van der Waals surface area contributed by atoms with Crippen molar-refractivity contribution in [2.24, 2.45) is 16.8 Å². The lowest BCUT2D eigenvalue weighted by Gasteiger charge is -2.21. The Labute approximate surface area is 90.0 Å². The monoisotopic (exact) mass is 197 g/mol. The van der Waals surface area contributed by atoms with E-state index in [1.807, 2.05) is 13.3 Å². The van der Waals surface area contributed by atoms with Gasteiger partial charge in [0.2, 0.25) is 0 Å². The van der Waals surface area contributed by atoms with Gasteiger partial charge >= 0.3 is 0 Å². The number of hydrogen-bond acceptors (Lipinski definition) is 1. The summed E-state index contributed by atoms with van der Waals surface area (Å²) in [6.07, 6.45) is 9.98. The maximum atomic E-state index is 4.03. The van der Waals surface area contributed by atoms with Crippen molar-refractivity contribution in [3.63, 3.8) is 0 Å². The molecule has 0 amide bonds. The molecule has 0 heterocycles. The third-order valence-corrected chi connectivity index (χ3v) is 3.19. The summed E-state index contributed by atoms with van der Waals surface area (Å²) in [6.45, 7) is 7.00. The van der Waals surface area contributed by atoms with Crippen molar-refractivity contribution in [3.05, 3.63) is 0 Å². The molecule has 84 valence electrons. The molecule has 0 bridgehead atoms. The second-order valence-corrected chi connectivity index (χ2v) is 4.31. The summed E-state index contributed by atoms with van der Waals surface area (Å²) < 4.78 is 0. The van der Waals surface area contributed by atoms with Crippen molar-refractivity contribution in [1.29, 1.82) is 0 Å². The first-order valence-corrected chi connectivity index (χ1v) is 6.16. The summed E-state index contributed by atoms with van der Waals surface area (Å²) in [5.41, 5.74) is 0. The second-order valence-electron chi connectivity index (χ2n) is 4.31. The van der Waals surface area contributed by atoms with Gasteiger partial charge in [0, 0.05) is 7.05 Å². The molecule has 0 radical (unpaired) electrons. The Morgan fingerprint density at radius 3 is 2.43 bits per heavy atom. The summed E-state index contributed by atoms with van der Waals surface area (Å²) in [6, 6.07) is 0. The highest BCUT2D eigenvalue weighted by Gasteiger charge is 2.13. The van der Waals surface area contributed by atoms with Gasteiger partial charge in [-0.3, -0.25) is 0 Å². The molecule has 2 atom stereocenters. The highest BCUT2D eigenvalue weighted by atomic mass is 14.6. The van der Waals surface area contributed by atoms with Gasteiger partial charge in [-0.15, -0.1) is 0 Å². The molecule has 0 aliphatic heterocycles. The van der Waals surface area contributed by atoms with Crippen LogP contribution < -0.4 is 0 Å². The average molecular weight is 197 g/mol. The average Bonchev–Trinajstić information content (AvgIpc) is 2.19. The Balaban J connectivity index is 3.72. The van der Waals surface area contributed by atoms with E-state index < -0.39 is 0 Å². The van der Waals surface area contributed by atoms with E-state index in [0.29, 0.717) is 0 Å². The standard InChI is InChI=1S/C13H27N/c1-5-7-10-13(6-2)12(3)9-8-11-14-4/h11-13H,5-10H2,1-4H3/t12-,13?/m0/s1. The molecule has 14 heavy (non-hydrogen) atoms. The van der Waals surface area contributed by atoms with E-state index in [4.69, 9.17) is 0 Å². The summed E-state index contributed by atoms with van der Waals surface area (Å²) in [4.78, 5) is 4.03. The smallest absolute Gasteiger partial charge is 0.0273 e. The van der Waals surface area contributed by atoms with Crippen LogP contribution in [0.5, 0.6) is 0 Å². The SMILES string of the molecule is CCCCC(CC)[C@@H](C)CCC=NC. The van der Waals surface area contributed by atoms with Crippen LogP contribution in [0.25, 0.3) is 0 Å². The molecule has 0 aliphatic rings. The van der Waals surface area contributed by atoms with Gasteiger partial charge in [-0.05, 0) is 30.9 Å². The first kappa shape index (κ1) is 13.7. The van der Waals surface area contributed by atoms with Gasteiger partial charge in [-0.25, -0.2) is 0 Å². The van der Waals surface area contributed by atoms with Crippen molar-refractivity contribution in [2.75, 3.05) is 7.05 Å². The number of aliphatic imine (C=N–C) groups is 1. The van der Waals surface area contributed by atoms with Crippen LogP contribution in [-0.2, 0) is 0 Å². The Morgan fingerprint density at radius 2 is 1.93 bits per heavy atom. The van der Waals surface area contributed by atoms with Crippen molar-refractivity contribution >= 4 is 6.21 Å². The Bertz CT molecular complexity index is 140. The molecular formula is C13H27N. The third kappa shape index (κ3) is 6.17. The van der Waals surface area contributed by atoms with Crippen LogP contribution in [0.4, 0.5) is 0 Å². The van der Waals surface area contributed by atoms with Crippen LogP contribution in [0.3, 0.4) is 0 Å². The molecule has 0 saturated carbocycles. The molecule has 0 rings (SSSR count). The highest BCUT2D eigenvalue weighted by Crippen LogP contribution is 2.25. The predicted octanol–water partition coefficient (Wildman–Crippen LogP) is 4.32. The number of nitrogens with zero attached hydrogens (tertiary/aromatic N) is 1. The van der Waals surface area contributed by atoms with E-state index in [-0.39, 0.29) is 0 Å². The number of rotatable bonds is 8. The van der Waals surface area contributed by atoms with Gasteiger partial charge in [0.1, 0.15) is 0 Å². The molecule has 1 unspecified atom stereocenters. The lowest BCUT2D eigenvalue weighted by atomic mass is 9.84. The number of hydrogen-bond donors (Lipinski definition) is 0. The molecule has 0 aromatic heterocycles. The van der Waals surface area contributed by atoms with Crippen LogP contribution in [0.15, 0.2) is 4.99 Å². The lowest BCUT2D eigenvalue weighted by Crippen LogP contribution is -2.11. The second kappa shape index (κ2) is 9.23. The van der Waals surface area contributed by atoms with Crippen LogP contribution >= 0.6 is 0 Å². The summed E-state index contributed by atoms with van der Waals surface area (Å²) in [7, 11) is 1.86. The van der Waals surface area contributed by atoms with Gasteiger partial charge in [0.25, 0.3) is 0 Å². The highest BCUT2D eigenvalue weighted by molar-refractivity contribution is 5.56. The molecule has 0 aromatic rings. The Hall–Kier alpha value is -0.330. The molecule has 0 fully saturated rings. The van der Waals surface area contributed by atoms with Crippen molar-refractivity contribution in [3.8, 4) is 0 Å². The lowest BCUT2D eigenvalue weighted by molar-refractivity contribution is 0.306. The minimum Gasteiger partial charge on any atom is -0.301 e. The van der Waals surface area contributed by atoms with Crippen molar-refractivity contribution in [1.82, 2.24) is 0 Å². The summed E-state index contributed by atoms with van der Waals surface area (Å²) in [5, 5.41) is 0. The fourth-order valence-corrected chi connectivity index (χ4v) is 2.06. The third-order valence-electron chi connectivity index (χ3n) is 3.19. The fourth-order valence-electron chi connectivity index (χ4n) is 2.06. The maximum Gasteiger partial charge on any atom is 0.0273 e. The molecule has 1 heteroatoms. The Morgan fingerprint density at radius 1 is 1.21 bits per heavy atom. The largest absolute Gasteiger partial charge is 0.301 e. The van der Waals surface area contributed by atoms with Crippen LogP contribution in [0.1, 0.15) is 59.3 Å². The van der Waals surface area contributed by atoms with E-state index in [1.165, 1.54) is 32.1 Å².